The molecule has 0 aromatic carbocycles. The molecule has 1 rings (SSSR count). The molecule has 1 aromatic heterocycles. The standard InChI is InChI=1S/C11H18F3N5O/c1-4-5-19(6-11(12,13)14)9-16-8(15)17-10(18-9)20-7(2)3/h7H,4-6H2,1-3H3,(H2,15,16,17,18). The maximum Gasteiger partial charge on any atom is 0.406 e. The fourth-order valence-electron chi connectivity index (χ4n) is 1.50. The lowest BCUT2D eigenvalue weighted by atomic mass is 10.4. The first-order valence-corrected chi connectivity index (χ1v) is 6.21. The van der Waals surface area contributed by atoms with Gasteiger partial charge in [-0.3, -0.25) is 0 Å². The van der Waals surface area contributed by atoms with Gasteiger partial charge in [0.05, 0.1) is 6.10 Å². The van der Waals surface area contributed by atoms with Crippen molar-refractivity contribution in [2.24, 2.45) is 0 Å². The molecular formula is C11H18F3N5O. The molecule has 0 aliphatic rings. The summed E-state index contributed by atoms with van der Waals surface area (Å²) in [5.41, 5.74) is 5.48. The molecule has 1 heterocycles. The van der Waals surface area contributed by atoms with Crippen LogP contribution in [-0.2, 0) is 0 Å². The zero-order valence-electron chi connectivity index (χ0n) is 11.6. The number of hydrogen-bond donors (Lipinski definition) is 1. The minimum Gasteiger partial charge on any atom is -0.461 e. The van der Waals surface area contributed by atoms with Gasteiger partial charge in [-0.1, -0.05) is 6.92 Å². The Balaban J connectivity index is 3.03. The summed E-state index contributed by atoms with van der Waals surface area (Å²) in [6, 6.07) is -0.0780. The zero-order valence-corrected chi connectivity index (χ0v) is 11.6. The molecule has 0 saturated heterocycles. The van der Waals surface area contributed by atoms with E-state index in [1.807, 2.05) is 0 Å². The molecule has 6 nitrogen and oxygen atoms in total. The molecule has 0 aliphatic heterocycles. The van der Waals surface area contributed by atoms with Crippen LogP contribution in [0.1, 0.15) is 27.2 Å². The number of nitrogens with zero attached hydrogens (tertiary/aromatic N) is 4. The number of alkyl halides is 3. The molecule has 1 aromatic rings. The Bertz CT molecular complexity index is 439. The minimum absolute atomic E-state index is 0.0780. The fourth-order valence-corrected chi connectivity index (χ4v) is 1.50. The van der Waals surface area contributed by atoms with E-state index in [9.17, 15) is 13.2 Å². The number of anilines is 2. The average molecular weight is 293 g/mol. The van der Waals surface area contributed by atoms with Crippen LogP contribution >= 0.6 is 0 Å². The molecule has 0 aliphatic carbocycles. The van der Waals surface area contributed by atoms with E-state index in [0.717, 1.165) is 4.90 Å². The van der Waals surface area contributed by atoms with Crippen LogP contribution in [0.25, 0.3) is 0 Å². The third-order valence-electron chi connectivity index (χ3n) is 2.11. The van der Waals surface area contributed by atoms with Crippen LogP contribution in [-0.4, -0.2) is 40.3 Å². The molecular weight excluding hydrogens is 275 g/mol. The normalized spacial score (nSPS) is 11.8. The Labute approximate surface area is 115 Å². The molecule has 20 heavy (non-hydrogen) atoms. The summed E-state index contributed by atoms with van der Waals surface area (Å²) in [5, 5.41) is 0. The van der Waals surface area contributed by atoms with E-state index in [4.69, 9.17) is 10.5 Å². The topological polar surface area (TPSA) is 77.2 Å². The van der Waals surface area contributed by atoms with E-state index >= 15 is 0 Å². The largest absolute Gasteiger partial charge is 0.461 e. The molecule has 0 bridgehead atoms. The summed E-state index contributed by atoms with van der Waals surface area (Å²) in [6.07, 6.45) is -4.05. The highest BCUT2D eigenvalue weighted by atomic mass is 19.4. The Morgan fingerprint density at radius 1 is 1.25 bits per heavy atom. The first-order chi connectivity index (χ1) is 9.21. The average Bonchev–Trinajstić information content (AvgIpc) is 2.24. The highest BCUT2D eigenvalue weighted by molar-refractivity contribution is 5.36. The monoisotopic (exact) mass is 293 g/mol. The van der Waals surface area contributed by atoms with Crippen LogP contribution in [0.2, 0.25) is 0 Å². The number of halogens is 3. The summed E-state index contributed by atoms with van der Waals surface area (Å²) in [6.45, 7) is 4.27. The lowest BCUT2D eigenvalue weighted by Gasteiger charge is -2.23. The summed E-state index contributed by atoms with van der Waals surface area (Å²) < 4.78 is 42.9. The van der Waals surface area contributed by atoms with E-state index in [1.54, 1.807) is 20.8 Å². The van der Waals surface area contributed by atoms with Crippen LogP contribution in [0.4, 0.5) is 25.1 Å². The Hall–Kier alpha value is -1.80. The van der Waals surface area contributed by atoms with Crippen molar-refractivity contribution in [2.45, 2.75) is 39.5 Å². The molecule has 114 valence electrons. The summed E-state index contributed by atoms with van der Waals surface area (Å²) >= 11 is 0. The molecule has 0 saturated carbocycles. The minimum atomic E-state index is -4.35. The Morgan fingerprint density at radius 2 is 1.90 bits per heavy atom. The Kier molecular flexibility index (Phi) is 5.34. The molecule has 0 atom stereocenters. The van der Waals surface area contributed by atoms with Gasteiger partial charge in [0.25, 0.3) is 0 Å². The van der Waals surface area contributed by atoms with Gasteiger partial charge < -0.3 is 15.4 Å². The Morgan fingerprint density at radius 3 is 2.40 bits per heavy atom. The first-order valence-electron chi connectivity index (χ1n) is 6.21. The van der Waals surface area contributed by atoms with Crippen molar-refractivity contribution < 1.29 is 17.9 Å². The number of nitrogens with two attached hydrogens (primary N) is 1. The van der Waals surface area contributed by atoms with Gasteiger partial charge in [-0.05, 0) is 20.3 Å². The second-order valence-corrected chi connectivity index (χ2v) is 4.48. The maximum absolute atomic E-state index is 12.6. The predicted molar refractivity (Wildman–Crippen MR) is 68.6 cm³/mol. The van der Waals surface area contributed by atoms with E-state index in [2.05, 4.69) is 15.0 Å². The predicted octanol–water partition coefficient (Wildman–Crippen LogP) is 2.02. The van der Waals surface area contributed by atoms with Gasteiger partial charge in [-0.2, -0.15) is 28.1 Å². The highest BCUT2D eigenvalue weighted by Crippen LogP contribution is 2.21. The number of ether oxygens (including phenoxy) is 1. The fraction of sp³-hybridized carbons (Fsp3) is 0.727. The number of aromatic nitrogens is 3. The SMILES string of the molecule is CCCN(CC(F)(F)F)c1nc(N)nc(OC(C)C)n1. The van der Waals surface area contributed by atoms with Gasteiger partial charge in [-0.15, -0.1) is 0 Å². The highest BCUT2D eigenvalue weighted by Gasteiger charge is 2.32. The van der Waals surface area contributed by atoms with Gasteiger partial charge in [0.15, 0.2) is 0 Å². The van der Waals surface area contributed by atoms with E-state index in [1.165, 1.54) is 0 Å². The lowest BCUT2D eigenvalue weighted by molar-refractivity contribution is -0.119. The van der Waals surface area contributed by atoms with Crippen molar-refractivity contribution in [1.29, 1.82) is 0 Å². The summed E-state index contributed by atoms with van der Waals surface area (Å²) in [5.74, 6) is -0.304. The first kappa shape index (κ1) is 16.3. The quantitative estimate of drug-likeness (QED) is 0.864. The molecule has 9 heteroatoms. The van der Waals surface area contributed by atoms with Crippen LogP contribution < -0.4 is 15.4 Å². The molecule has 2 N–H and O–H groups in total. The van der Waals surface area contributed by atoms with E-state index < -0.39 is 12.7 Å². The van der Waals surface area contributed by atoms with Gasteiger partial charge >= 0.3 is 12.2 Å². The second-order valence-electron chi connectivity index (χ2n) is 4.48. The van der Waals surface area contributed by atoms with Crippen molar-refractivity contribution in [3.05, 3.63) is 0 Å². The summed E-state index contributed by atoms with van der Waals surface area (Å²) in [7, 11) is 0. The van der Waals surface area contributed by atoms with Crippen LogP contribution in [0, 0.1) is 0 Å². The third-order valence-corrected chi connectivity index (χ3v) is 2.11. The molecule has 0 unspecified atom stereocenters. The second kappa shape index (κ2) is 6.58. The zero-order chi connectivity index (χ0) is 15.3. The number of nitrogen functional groups attached to an aromatic ring is 1. The maximum atomic E-state index is 12.6. The number of hydrogen-bond acceptors (Lipinski definition) is 6. The van der Waals surface area contributed by atoms with E-state index in [-0.39, 0.29) is 30.6 Å². The molecule has 0 amide bonds. The van der Waals surface area contributed by atoms with Crippen molar-refractivity contribution >= 4 is 11.9 Å². The van der Waals surface area contributed by atoms with Gasteiger partial charge in [0, 0.05) is 6.54 Å². The van der Waals surface area contributed by atoms with E-state index in [0.29, 0.717) is 6.42 Å². The van der Waals surface area contributed by atoms with Crippen molar-refractivity contribution in [3.63, 3.8) is 0 Å². The van der Waals surface area contributed by atoms with Gasteiger partial charge in [0.1, 0.15) is 6.54 Å². The smallest absolute Gasteiger partial charge is 0.406 e. The van der Waals surface area contributed by atoms with Crippen molar-refractivity contribution in [2.75, 3.05) is 23.7 Å². The van der Waals surface area contributed by atoms with Crippen molar-refractivity contribution in [3.8, 4) is 6.01 Å². The summed E-state index contributed by atoms with van der Waals surface area (Å²) in [4.78, 5) is 12.4. The number of rotatable bonds is 6. The lowest BCUT2D eigenvalue weighted by Crippen LogP contribution is -2.36. The van der Waals surface area contributed by atoms with Gasteiger partial charge in [-0.25, -0.2) is 0 Å². The molecule has 0 fully saturated rings. The third kappa shape index (κ3) is 5.45. The van der Waals surface area contributed by atoms with Crippen LogP contribution in [0.15, 0.2) is 0 Å². The molecule has 0 spiro atoms. The van der Waals surface area contributed by atoms with Crippen LogP contribution in [0.3, 0.4) is 0 Å². The van der Waals surface area contributed by atoms with Crippen LogP contribution in [0.5, 0.6) is 6.01 Å². The van der Waals surface area contributed by atoms with Gasteiger partial charge in [0.2, 0.25) is 11.9 Å². The molecule has 0 radical (unpaired) electrons. The van der Waals surface area contributed by atoms with Crippen molar-refractivity contribution in [1.82, 2.24) is 15.0 Å².